The maximum absolute atomic E-state index is 13.3. The number of anilines is 1. The standard InChI is InChI=1S/C11H13F2N5O/c1-6(5-19-2)18-11(15-16-17-18)7-3-8(12)9(13)4-10(7)14/h3-4,6H,5,14H2,1-2H3. The molecule has 6 nitrogen and oxygen atoms in total. The SMILES string of the molecule is COCC(C)n1nnnc1-c1cc(F)c(F)cc1N. The summed E-state index contributed by atoms with van der Waals surface area (Å²) in [4.78, 5) is 0. The van der Waals surface area contributed by atoms with Gasteiger partial charge in [-0.3, -0.25) is 0 Å². The second-order valence-electron chi connectivity index (χ2n) is 4.10. The molecule has 0 saturated heterocycles. The quantitative estimate of drug-likeness (QED) is 0.849. The lowest BCUT2D eigenvalue weighted by Crippen LogP contribution is -2.14. The van der Waals surface area contributed by atoms with Crippen LogP contribution in [-0.4, -0.2) is 33.9 Å². The number of nitrogen functional groups attached to an aromatic ring is 1. The van der Waals surface area contributed by atoms with Gasteiger partial charge in [-0.15, -0.1) is 5.10 Å². The molecule has 2 rings (SSSR count). The van der Waals surface area contributed by atoms with Crippen molar-refractivity contribution in [2.24, 2.45) is 0 Å². The fourth-order valence-corrected chi connectivity index (χ4v) is 1.74. The van der Waals surface area contributed by atoms with Crippen molar-refractivity contribution in [3.8, 4) is 11.4 Å². The highest BCUT2D eigenvalue weighted by Gasteiger charge is 2.18. The number of nitrogens with zero attached hydrogens (tertiary/aromatic N) is 4. The van der Waals surface area contributed by atoms with Crippen LogP contribution in [0.3, 0.4) is 0 Å². The molecule has 0 fully saturated rings. The molecule has 0 amide bonds. The van der Waals surface area contributed by atoms with Crippen LogP contribution in [0, 0.1) is 11.6 Å². The van der Waals surface area contributed by atoms with Crippen molar-refractivity contribution >= 4 is 5.69 Å². The Morgan fingerprint density at radius 1 is 1.37 bits per heavy atom. The van der Waals surface area contributed by atoms with Crippen LogP contribution in [0.1, 0.15) is 13.0 Å². The molecule has 0 aliphatic rings. The largest absolute Gasteiger partial charge is 0.398 e. The van der Waals surface area contributed by atoms with Crippen LogP contribution < -0.4 is 5.73 Å². The highest BCUT2D eigenvalue weighted by atomic mass is 19.2. The van der Waals surface area contributed by atoms with Gasteiger partial charge in [0.2, 0.25) is 0 Å². The molecule has 1 atom stereocenters. The lowest BCUT2D eigenvalue weighted by molar-refractivity contribution is 0.156. The summed E-state index contributed by atoms with van der Waals surface area (Å²) in [6.07, 6.45) is 0. The van der Waals surface area contributed by atoms with Gasteiger partial charge in [-0.2, -0.15) is 0 Å². The van der Waals surface area contributed by atoms with E-state index < -0.39 is 11.6 Å². The number of tetrazole rings is 1. The van der Waals surface area contributed by atoms with Gasteiger partial charge in [0.25, 0.3) is 0 Å². The Morgan fingerprint density at radius 2 is 2.05 bits per heavy atom. The summed E-state index contributed by atoms with van der Waals surface area (Å²) < 4.78 is 32.8. The molecule has 1 heterocycles. The lowest BCUT2D eigenvalue weighted by Gasteiger charge is -2.13. The van der Waals surface area contributed by atoms with E-state index in [1.165, 1.54) is 4.68 Å². The first-order valence-corrected chi connectivity index (χ1v) is 5.56. The van der Waals surface area contributed by atoms with Crippen molar-refractivity contribution < 1.29 is 13.5 Å². The number of hydrogen-bond donors (Lipinski definition) is 1. The number of benzene rings is 1. The average molecular weight is 269 g/mol. The van der Waals surface area contributed by atoms with E-state index in [9.17, 15) is 8.78 Å². The third-order valence-electron chi connectivity index (χ3n) is 2.65. The van der Waals surface area contributed by atoms with Gasteiger partial charge in [-0.25, -0.2) is 13.5 Å². The Balaban J connectivity index is 2.48. The molecular formula is C11H13F2N5O. The molecular weight excluding hydrogens is 256 g/mol. The maximum Gasteiger partial charge on any atom is 0.184 e. The number of aromatic nitrogens is 4. The summed E-state index contributed by atoms with van der Waals surface area (Å²) in [5, 5.41) is 11.1. The smallest absolute Gasteiger partial charge is 0.184 e. The fraction of sp³-hybridized carbons (Fsp3) is 0.364. The van der Waals surface area contributed by atoms with E-state index in [0.717, 1.165) is 12.1 Å². The minimum absolute atomic E-state index is 0.0690. The van der Waals surface area contributed by atoms with Crippen LogP contribution in [0.5, 0.6) is 0 Å². The molecule has 2 aromatic rings. The van der Waals surface area contributed by atoms with Gasteiger partial charge >= 0.3 is 0 Å². The number of rotatable bonds is 4. The van der Waals surface area contributed by atoms with Crippen molar-refractivity contribution in [1.29, 1.82) is 0 Å². The summed E-state index contributed by atoms with van der Waals surface area (Å²) in [6, 6.07) is 1.72. The van der Waals surface area contributed by atoms with Crippen LogP contribution >= 0.6 is 0 Å². The molecule has 8 heteroatoms. The molecule has 0 radical (unpaired) electrons. The zero-order valence-electron chi connectivity index (χ0n) is 10.5. The van der Waals surface area contributed by atoms with Gasteiger partial charge < -0.3 is 10.5 Å². The Kier molecular flexibility index (Phi) is 3.70. The van der Waals surface area contributed by atoms with Crippen molar-refractivity contribution in [2.45, 2.75) is 13.0 Å². The van der Waals surface area contributed by atoms with Crippen LogP contribution in [0.4, 0.5) is 14.5 Å². The van der Waals surface area contributed by atoms with Crippen LogP contribution in [0.15, 0.2) is 12.1 Å². The summed E-state index contributed by atoms with van der Waals surface area (Å²) in [5.41, 5.74) is 5.99. The molecule has 0 spiro atoms. The van der Waals surface area contributed by atoms with Crippen molar-refractivity contribution in [2.75, 3.05) is 19.5 Å². The van der Waals surface area contributed by atoms with Gasteiger partial charge in [0, 0.05) is 24.4 Å². The normalized spacial score (nSPS) is 12.6. The van der Waals surface area contributed by atoms with Crippen molar-refractivity contribution in [3.05, 3.63) is 23.8 Å². The molecule has 1 aromatic heterocycles. The third kappa shape index (κ3) is 2.53. The van der Waals surface area contributed by atoms with E-state index in [0.29, 0.717) is 6.61 Å². The molecule has 19 heavy (non-hydrogen) atoms. The minimum atomic E-state index is -1.01. The van der Waals surface area contributed by atoms with Crippen LogP contribution in [-0.2, 0) is 4.74 Å². The van der Waals surface area contributed by atoms with E-state index in [1.807, 2.05) is 6.92 Å². The second kappa shape index (κ2) is 5.27. The Labute approximate surface area is 108 Å². The molecule has 102 valence electrons. The fourth-order valence-electron chi connectivity index (χ4n) is 1.74. The van der Waals surface area contributed by atoms with E-state index in [2.05, 4.69) is 15.5 Å². The van der Waals surface area contributed by atoms with E-state index in [1.54, 1.807) is 7.11 Å². The molecule has 1 unspecified atom stereocenters. The Morgan fingerprint density at radius 3 is 2.74 bits per heavy atom. The van der Waals surface area contributed by atoms with Gasteiger partial charge in [-0.1, -0.05) is 0 Å². The maximum atomic E-state index is 13.3. The summed E-state index contributed by atoms with van der Waals surface area (Å²) in [6.45, 7) is 2.21. The lowest BCUT2D eigenvalue weighted by atomic mass is 10.1. The van der Waals surface area contributed by atoms with Gasteiger partial charge in [-0.05, 0) is 23.4 Å². The zero-order chi connectivity index (χ0) is 14.0. The first kappa shape index (κ1) is 13.3. The number of halogens is 2. The third-order valence-corrected chi connectivity index (χ3v) is 2.65. The van der Waals surface area contributed by atoms with E-state index in [-0.39, 0.29) is 23.1 Å². The zero-order valence-corrected chi connectivity index (χ0v) is 10.5. The number of nitrogens with two attached hydrogens (primary N) is 1. The summed E-state index contributed by atoms with van der Waals surface area (Å²) in [5.74, 6) is -1.75. The topological polar surface area (TPSA) is 78.8 Å². The minimum Gasteiger partial charge on any atom is -0.398 e. The van der Waals surface area contributed by atoms with Crippen LogP contribution in [0.25, 0.3) is 11.4 Å². The predicted molar refractivity (Wildman–Crippen MR) is 64.2 cm³/mol. The van der Waals surface area contributed by atoms with Gasteiger partial charge in [0.1, 0.15) is 0 Å². The van der Waals surface area contributed by atoms with Crippen LogP contribution in [0.2, 0.25) is 0 Å². The number of methoxy groups -OCH3 is 1. The Bertz CT molecular complexity index is 586. The van der Waals surface area contributed by atoms with Gasteiger partial charge in [0.05, 0.1) is 12.6 Å². The van der Waals surface area contributed by atoms with Crippen molar-refractivity contribution in [1.82, 2.24) is 20.2 Å². The number of hydrogen-bond acceptors (Lipinski definition) is 5. The first-order valence-electron chi connectivity index (χ1n) is 5.56. The van der Waals surface area contributed by atoms with Crippen molar-refractivity contribution in [3.63, 3.8) is 0 Å². The number of ether oxygens (including phenoxy) is 1. The van der Waals surface area contributed by atoms with E-state index >= 15 is 0 Å². The predicted octanol–water partition coefficient (Wildman–Crippen LogP) is 1.41. The highest BCUT2D eigenvalue weighted by molar-refractivity contribution is 5.71. The monoisotopic (exact) mass is 269 g/mol. The van der Waals surface area contributed by atoms with Gasteiger partial charge in [0.15, 0.2) is 17.5 Å². The van der Waals surface area contributed by atoms with E-state index in [4.69, 9.17) is 10.5 Å². The first-order chi connectivity index (χ1) is 9.04. The molecule has 2 N–H and O–H groups in total. The highest BCUT2D eigenvalue weighted by Crippen LogP contribution is 2.27. The summed E-state index contributed by atoms with van der Waals surface area (Å²) >= 11 is 0. The molecule has 0 bridgehead atoms. The molecule has 1 aromatic carbocycles. The molecule has 0 saturated carbocycles. The molecule has 0 aliphatic heterocycles. The molecule has 0 aliphatic carbocycles. The average Bonchev–Trinajstić information content (AvgIpc) is 2.83. The Hall–Kier alpha value is -2.09. The summed E-state index contributed by atoms with van der Waals surface area (Å²) in [7, 11) is 1.55. The second-order valence-corrected chi connectivity index (χ2v) is 4.10.